The predicted octanol–water partition coefficient (Wildman–Crippen LogP) is 4.25. The molecule has 4 nitrogen and oxygen atoms in total. The van der Waals surface area contributed by atoms with E-state index < -0.39 is 0 Å². The van der Waals surface area contributed by atoms with Gasteiger partial charge in [-0.3, -0.25) is 4.79 Å². The lowest BCUT2D eigenvalue weighted by Crippen LogP contribution is -2.31. The van der Waals surface area contributed by atoms with Crippen LogP contribution in [-0.4, -0.2) is 26.7 Å². The predicted molar refractivity (Wildman–Crippen MR) is 97.0 cm³/mol. The quantitative estimate of drug-likeness (QED) is 0.763. The van der Waals surface area contributed by atoms with E-state index in [1.165, 1.54) is 0 Å². The minimum absolute atomic E-state index is 0.0520. The van der Waals surface area contributed by atoms with E-state index in [-0.39, 0.29) is 11.8 Å². The molecular weight excluding hydrogens is 302 g/mol. The van der Waals surface area contributed by atoms with Gasteiger partial charge in [0, 0.05) is 24.7 Å². The van der Waals surface area contributed by atoms with Gasteiger partial charge in [-0.2, -0.15) is 0 Å². The summed E-state index contributed by atoms with van der Waals surface area (Å²) in [5.74, 6) is 1.65. The van der Waals surface area contributed by atoms with Crippen molar-refractivity contribution >= 4 is 11.6 Å². The number of para-hydroxylation sites is 1. The summed E-state index contributed by atoms with van der Waals surface area (Å²) in [4.78, 5) is 14.6. The number of hydrogen-bond acceptors (Lipinski definition) is 3. The molecule has 2 aromatic rings. The van der Waals surface area contributed by atoms with Gasteiger partial charge < -0.3 is 14.4 Å². The highest BCUT2D eigenvalue weighted by atomic mass is 16.5. The van der Waals surface area contributed by atoms with E-state index in [1.807, 2.05) is 67.3 Å². The van der Waals surface area contributed by atoms with Gasteiger partial charge in [-0.1, -0.05) is 31.2 Å². The molecular formula is C20H25NO3. The molecule has 0 heterocycles. The van der Waals surface area contributed by atoms with Gasteiger partial charge in [0.15, 0.2) is 0 Å². The van der Waals surface area contributed by atoms with Crippen molar-refractivity contribution in [3.05, 3.63) is 54.1 Å². The van der Waals surface area contributed by atoms with E-state index in [9.17, 15) is 4.79 Å². The monoisotopic (exact) mass is 327 g/mol. The van der Waals surface area contributed by atoms with E-state index in [2.05, 4.69) is 0 Å². The normalized spacial score (nSPS) is 11.7. The Hall–Kier alpha value is -2.49. The van der Waals surface area contributed by atoms with Crippen molar-refractivity contribution in [3.63, 3.8) is 0 Å². The van der Waals surface area contributed by atoms with Gasteiger partial charge in [0.05, 0.1) is 14.2 Å². The van der Waals surface area contributed by atoms with Gasteiger partial charge in [0.1, 0.15) is 11.5 Å². The zero-order valence-corrected chi connectivity index (χ0v) is 14.8. The van der Waals surface area contributed by atoms with Crippen molar-refractivity contribution in [2.75, 3.05) is 25.7 Å². The summed E-state index contributed by atoms with van der Waals surface area (Å²) < 4.78 is 10.7. The molecule has 1 unspecified atom stereocenters. The van der Waals surface area contributed by atoms with Crippen molar-refractivity contribution in [2.45, 2.75) is 26.2 Å². The lowest BCUT2D eigenvalue weighted by Gasteiger charge is -2.23. The number of benzene rings is 2. The van der Waals surface area contributed by atoms with Crippen LogP contribution in [0.5, 0.6) is 11.5 Å². The molecule has 0 aromatic heterocycles. The molecule has 2 rings (SSSR count). The average Bonchev–Trinajstić information content (AvgIpc) is 2.62. The Balaban J connectivity index is 2.16. The first-order valence-electron chi connectivity index (χ1n) is 8.18. The molecule has 0 fully saturated rings. The van der Waals surface area contributed by atoms with Crippen molar-refractivity contribution in [1.82, 2.24) is 0 Å². The third-order valence-corrected chi connectivity index (χ3v) is 4.14. The van der Waals surface area contributed by atoms with E-state index >= 15 is 0 Å². The van der Waals surface area contributed by atoms with Gasteiger partial charge in [-0.15, -0.1) is 0 Å². The van der Waals surface area contributed by atoms with Gasteiger partial charge in [0.2, 0.25) is 5.91 Å². The van der Waals surface area contributed by atoms with E-state index in [4.69, 9.17) is 9.47 Å². The van der Waals surface area contributed by atoms with Crippen molar-refractivity contribution in [3.8, 4) is 11.5 Å². The standard InChI is InChI=1S/C20H25NO3/c1-5-21(16-9-7-6-8-10-16)20(22)13-15(2)18-12-11-17(23-3)14-19(18)24-4/h6-12,14-15H,5,13H2,1-4H3. The molecule has 1 amide bonds. The van der Waals surface area contributed by atoms with Gasteiger partial charge in [0.25, 0.3) is 0 Å². The average molecular weight is 327 g/mol. The van der Waals surface area contributed by atoms with Crippen molar-refractivity contribution in [2.24, 2.45) is 0 Å². The molecule has 0 saturated carbocycles. The highest BCUT2D eigenvalue weighted by Gasteiger charge is 2.20. The third-order valence-electron chi connectivity index (χ3n) is 4.14. The minimum Gasteiger partial charge on any atom is -0.497 e. The zero-order valence-electron chi connectivity index (χ0n) is 14.8. The van der Waals surface area contributed by atoms with Crippen LogP contribution in [0.4, 0.5) is 5.69 Å². The molecule has 0 N–H and O–H groups in total. The van der Waals surface area contributed by atoms with E-state index in [0.717, 1.165) is 22.7 Å². The first-order valence-corrected chi connectivity index (χ1v) is 8.18. The molecule has 0 aliphatic heterocycles. The first kappa shape index (κ1) is 17.9. The molecule has 128 valence electrons. The summed E-state index contributed by atoms with van der Waals surface area (Å²) in [6.45, 7) is 4.68. The molecule has 24 heavy (non-hydrogen) atoms. The molecule has 1 atom stereocenters. The number of carbonyl (C=O) groups excluding carboxylic acids is 1. The second-order valence-electron chi connectivity index (χ2n) is 5.69. The molecule has 0 saturated heterocycles. The van der Waals surface area contributed by atoms with Gasteiger partial charge >= 0.3 is 0 Å². The number of methoxy groups -OCH3 is 2. The maximum absolute atomic E-state index is 12.7. The van der Waals surface area contributed by atoms with Gasteiger partial charge in [-0.25, -0.2) is 0 Å². The summed E-state index contributed by atoms with van der Waals surface area (Å²) in [7, 11) is 3.26. The molecule has 0 aliphatic rings. The van der Waals surface area contributed by atoms with Crippen LogP contribution in [0, 0.1) is 0 Å². The number of amides is 1. The maximum Gasteiger partial charge on any atom is 0.227 e. The number of ether oxygens (including phenoxy) is 2. The van der Waals surface area contributed by atoms with Crippen LogP contribution in [0.2, 0.25) is 0 Å². The van der Waals surface area contributed by atoms with Crippen LogP contribution in [0.25, 0.3) is 0 Å². The SMILES string of the molecule is CCN(C(=O)CC(C)c1ccc(OC)cc1OC)c1ccccc1. The van der Waals surface area contributed by atoms with Crippen molar-refractivity contribution < 1.29 is 14.3 Å². The maximum atomic E-state index is 12.7. The fourth-order valence-corrected chi connectivity index (χ4v) is 2.82. The van der Waals surface area contributed by atoms with Crippen LogP contribution in [-0.2, 0) is 4.79 Å². The molecule has 0 radical (unpaired) electrons. The Bertz CT molecular complexity index is 670. The summed E-state index contributed by atoms with van der Waals surface area (Å²) in [6.07, 6.45) is 0.422. The fraction of sp³-hybridized carbons (Fsp3) is 0.350. The summed E-state index contributed by atoms with van der Waals surface area (Å²) in [6, 6.07) is 15.5. The van der Waals surface area contributed by atoms with E-state index in [1.54, 1.807) is 14.2 Å². The second kappa shape index (κ2) is 8.39. The number of nitrogens with zero attached hydrogens (tertiary/aromatic N) is 1. The Morgan fingerprint density at radius 1 is 1.08 bits per heavy atom. The first-order chi connectivity index (χ1) is 11.6. The Labute approximate surface area is 144 Å². The summed E-state index contributed by atoms with van der Waals surface area (Å²) in [5.41, 5.74) is 1.94. The molecule has 0 spiro atoms. The van der Waals surface area contributed by atoms with E-state index in [0.29, 0.717) is 13.0 Å². The molecule has 0 aliphatic carbocycles. The largest absolute Gasteiger partial charge is 0.497 e. The highest BCUT2D eigenvalue weighted by molar-refractivity contribution is 5.93. The Kier molecular flexibility index (Phi) is 6.24. The van der Waals surface area contributed by atoms with Crippen LogP contribution in [0.3, 0.4) is 0 Å². The third kappa shape index (κ3) is 4.07. The topological polar surface area (TPSA) is 38.8 Å². The smallest absolute Gasteiger partial charge is 0.227 e. The Morgan fingerprint density at radius 2 is 1.79 bits per heavy atom. The number of hydrogen-bond donors (Lipinski definition) is 0. The van der Waals surface area contributed by atoms with Crippen LogP contribution in [0.15, 0.2) is 48.5 Å². The summed E-state index contributed by atoms with van der Waals surface area (Å²) in [5, 5.41) is 0. The van der Waals surface area contributed by atoms with Crippen LogP contribution < -0.4 is 14.4 Å². The molecule has 2 aromatic carbocycles. The number of anilines is 1. The second-order valence-corrected chi connectivity index (χ2v) is 5.69. The molecule has 4 heteroatoms. The van der Waals surface area contributed by atoms with Crippen molar-refractivity contribution in [1.29, 1.82) is 0 Å². The summed E-state index contributed by atoms with van der Waals surface area (Å²) >= 11 is 0. The lowest BCUT2D eigenvalue weighted by atomic mass is 9.96. The minimum atomic E-state index is 0.0520. The van der Waals surface area contributed by atoms with Crippen LogP contribution in [0.1, 0.15) is 31.7 Å². The Morgan fingerprint density at radius 3 is 2.38 bits per heavy atom. The van der Waals surface area contributed by atoms with Crippen LogP contribution >= 0.6 is 0 Å². The lowest BCUT2D eigenvalue weighted by molar-refractivity contribution is -0.118. The van der Waals surface area contributed by atoms with Gasteiger partial charge in [-0.05, 0) is 36.6 Å². The fourth-order valence-electron chi connectivity index (χ4n) is 2.82. The zero-order chi connectivity index (χ0) is 17.5. The molecule has 0 bridgehead atoms. The number of carbonyl (C=O) groups is 1. The number of rotatable bonds is 7. The highest BCUT2D eigenvalue weighted by Crippen LogP contribution is 2.32.